The highest BCUT2D eigenvalue weighted by Gasteiger charge is 2.22. The number of nitrogens with zero attached hydrogens (tertiary/aromatic N) is 1. The Morgan fingerprint density at radius 2 is 1.55 bits per heavy atom. The van der Waals surface area contributed by atoms with Crippen LogP contribution >= 0.6 is 0 Å². The lowest BCUT2D eigenvalue weighted by molar-refractivity contribution is 0.315. The molecule has 0 spiro atoms. The van der Waals surface area contributed by atoms with Gasteiger partial charge in [-0.15, -0.1) is 0 Å². The topological polar surface area (TPSA) is 12.9 Å². The van der Waals surface area contributed by atoms with E-state index in [-0.39, 0.29) is 0 Å². The Balaban J connectivity index is 1.69. The molecule has 1 saturated carbocycles. The Bertz CT molecular complexity index is 574. The Hall–Kier alpha value is -1.63. The molecule has 1 fully saturated rings. The Kier molecular flexibility index (Phi) is 4.92. The Morgan fingerprint density at radius 1 is 0.864 bits per heavy atom. The highest BCUT2D eigenvalue weighted by Crippen LogP contribution is 2.36. The molecule has 22 heavy (non-hydrogen) atoms. The molecular formula is C21H27N. The van der Waals surface area contributed by atoms with E-state index in [1.54, 1.807) is 0 Å². The van der Waals surface area contributed by atoms with Gasteiger partial charge in [-0.25, -0.2) is 0 Å². The van der Waals surface area contributed by atoms with Crippen molar-refractivity contribution in [3.63, 3.8) is 0 Å². The van der Waals surface area contributed by atoms with Crippen LogP contribution in [0.3, 0.4) is 0 Å². The van der Waals surface area contributed by atoms with E-state index in [4.69, 9.17) is 4.98 Å². The summed E-state index contributed by atoms with van der Waals surface area (Å²) in [6.45, 7) is 4.51. The summed E-state index contributed by atoms with van der Waals surface area (Å²) < 4.78 is 0. The minimum atomic E-state index is 0.680. The lowest BCUT2D eigenvalue weighted by Crippen LogP contribution is -2.13. The number of hydrogen-bond donors (Lipinski definition) is 0. The van der Waals surface area contributed by atoms with E-state index in [1.807, 2.05) is 0 Å². The summed E-state index contributed by atoms with van der Waals surface area (Å²) in [6.07, 6.45) is 9.88. The van der Waals surface area contributed by atoms with Gasteiger partial charge in [0, 0.05) is 23.4 Å². The van der Waals surface area contributed by atoms with Crippen LogP contribution in [0.1, 0.15) is 63.1 Å². The molecule has 3 rings (SSSR count). The van der Waals surface area contributed by atoms with Crippen molar-refractivity contribution in [2.45, 2.75) is 58.3 Å². The van der Waals surface area contributed by atoms with Crippen molar-refractivity contribution in [1.29, 1.82) is 0 Å². The fraction of sp³-hybridized carbons (Fsp3) is 0.476. The third-order valence-electron chi connectivity index (χ3n) is 5.32. The number of aromatic nitrogens is 1. The second-order valence-electron chi connectivity index (χ2n) is 6.65. The number of rotatable bonds is 4. The SMILES string of the molecule is CCc1ccc(-c2ccc(C3CCC(CC)CC3)nc2)cc1. The fourth-order valence-corrected chi connectivity index (χ4v) is 3.62. The molecule has 116 valence electrons. The van der Waals surface area contributed by atoms with E-state index in [1.165, 1.54) is 54.5 Å². The first-order chi connectivity index (χ1) is 10.8. The predicted octanol–water partition coefficient (Wildman–Crippen LogP) is 5.99. The Labute approximate surface area is 134 Å². The highest BCUT2D eigenvalue weighted by atomic mass is 14.7. The van der Waals surface area contributed by atoms with Crippen molar-refractivity contribution in [2.24, 2.45) is 5.92 Å². The summed E-state index contributed by atoms with van der Waals surface area (Å²) in [5.41, 5.74) is 5.18. The maximum atomic E-state index is 4.77. The molecule has 0 saturated heterocycles. The smallest absolute Gasteiger partial charge is 0.0434 e. The zero-order valence-electron chi connectivity index (χ0n) is 13.9. The van der Waals surface area contributed by atoms with Crippen LogP contribution in [-0.4, -0.2) is 4.98 Å². The van der Waals surface area contributed by atoms with Crippen molar-refractivity contribution < 1.29 is 0 Å². The number of aryl methyl sites for hydroxylation is 1. The standard InChI is InChI=1S/C21H27N/c1-3-16-5-9-18(10-6-16)20-13-14-21(22-15-20)19-11-7-17(4-2)8-12-19/h5-6,9-10,13-15,17,19H,3-4,7-8,11-12H2,1-2H3. The lowest BCUT2D eigenvalue weighted by Gasteiger charge is -2.27. The minimum absolute atomic E-state index is 0.680. The first-order valence-electron chi connectivity index (χ1n) is 8.85. The third-order valence-corrected chi connectivity index (χ3v) is 5.32. The Morgan fingerprint density at radius 3 is 2.09 bits per heavy atom. The molecule has 1 aromatic heterocycles. The molecule has 0 aliphatic heterocycles. The van der Waals surface area contributed by atoms with Crippen molar-refractivity contribution in [3.05, 3.63) is 53.9 Å². The third kappa shape index (κ3) is 3.40. The summed E-state index contributed by atoms with van der Waals surface area (Å²) in [4.78, 5) is 4.77. The predicted molar refractivity (Wildman–Crippen MR) is 94.0 cm³/mol. The van der Waals surface area contributed by atoms with Crippen LogP contribution in [0.25, 0.3) is 11.1 Å². The summed E-state index contributed by atoms with van der Waals surface area (Å²) in [5, 5.41) is 0. The van der Waals surface area contributed by atoms with Gasteiger partial charge in [0.2, 0.25) is 0 Å². The lowest BCUT2D eigenvalue weighted by atomic mass is 9.79. The van der Waals surface area contributed by atoms with Gasteiger partial charge in [0.15, 0.2) is 0 Å². The minimum Gasteiger partial charge on any atom is -0.260 e. The van der Waals surface area contributed by atoms with Gasteiger partial charge in [-0.3, -0.25) is 4.98 Å². The van der Waals surface area contributed by atoms with Crippen LogP contribution in [0.15, 0.2) is 42.6 Å². The monoisotopic (exact) mass is 293 g/mol. The zero-order chi connectivity index (χ0) is 15.4. The van der Waals surface area contributed by atoms with Gasteiger partial charge in [-0.2, -0.15) is 0 Å². The summed E-state index contributed by atoms with van der Waals surface area (Å²) in [6, 6.07) is 13.4. The van der Waals surface area contributed by atoms with E-state index in [0.29, 0.717) is 5.92 Å². The van der Waals surface area contributed by atoms with Crippen LogP contribution in [0, 0.1) is 5.92 Å². The van der Waals surface area contributed by atoms with E-state index >= 15 is 0 Å². The molecule has 0 unspecified atom stereocenters. The molecular weight excluding hydrogens is 266 g/mol. The normalized spacial score (nSPS) is 21.7. The highest BCUT2D eigenvalue weighted by molar-refractivity contribution is 5.62. The van der Waals surface area contributed by atoms with Gasteiger partial charge < -0.3 is 0 Å². The van der Waals surface area contributed by atoms with Crippen molar-refractivity contribution >= 4 is 0 Å². The molecule has 0 N–H and O–H groups in total. The van der Waals surface area contributed by atoms with E-state index in [9.17, 15) is 0 Å². The van der Waals surface area contributed by atoms with Gasteiger partial charge >= 0.3 is 0 Å². The van der Waals surface area contributed by atoms with Crippen LogP contribution in [0.5, 0.6) is 0 Å². The first kappa shape index (κ1) is 15.3. The van der Waals surface area contributed by atoms with Gasteiger partial charge in [0.05, 0.1) is 0 Å². The molecule has 0 radical (unpaired) electrons. The second-order valence-corrected chi connectivity index (χ2v) is 6.65. The molecule has 1 aliphatic carbocycles. The van der Waals surface area contributed by atoms with E-state index in [2.05, 4.69) is 56.4 Å². The van der Waals surface area contributed by atoms with E-state index in [0.717, 1.165) is 12.3 Å². The molecule has 0 bridgehead atoms. The quantitative estimate of drug-likeness (QED) is 0.674. The van der Waals surface area contributed by atoms with Crippen molar-refractivity contribution in [3.8, 4) is 11.1 Å². The maximum Gasteiger partial charge on any atom is 0.0434 e. The average molecular weight is 293 g/mol. The van der Waals surface area contributed by atoms with Gasteiger partial charge in [0.1, 0.15) is 0 Å². The molecule has 1 heteroatoms. The van der Waals surface area contributed by atoms with Crippen LogP contribution < -0.4 is 0 Å². The summed E-state index contributed by atoms with van der Waals surface area (Å²) >= 11 is 0. The van der Waals surface area contributed by atoms with Crippen LogP contribution in [-0.2, 0) is 6.42 Å². The van der Waals surface area contributed by atoms with Gasteiger partial charge in [-0.1, -0.05) is 50.6 Å². The van der Waals surface area contributed by atoms with Crippen LogP contribution in [0.2, 0.25) is 0 Å². The van der Waals surface area contributed by atoms with E-state index < -0.39 is 0 Å². The number of pyridine rings is 1. The van der Waals surface area contributed by atoms with Crippen molar-refractivity contribution in [1.82, 2.24) is 4.98 Å². The molecule has 0 atom stereocenters. The van der Waals surface area contributed by atoms with Gasteiger partial charge in [0.25, 0.3) is 0 Å². The number of hydrogen-bond acceptors (Lipinski definition) is 1. The summed E-state index contributed by atoms with van der Waals surface area (Å²) in [7, 11) is 0. The fourth-order valence-electron chi connectivity index (χ4n) is 3.62. The summed E-state index contributed by atoms with van der Waals surface area (Å²) in [5.74, 6) is 1.63. The molecule has 1 aromatic carbocycles. The average Bonchev–Trinajstić information content (AvgIpc) is 2.62. The maximum absolute atomic E-state index is 4.77. The molecule has 0 amide bonds. The van der Waals surface area contributed by atoms with Crippen LogP contribution in [0.4, 0.5) is 0 Å². The molecule has 2 aromatic rings. The largest absolute Gasteiger partial charge is 0.260 e. The second kappa shape index (κ2) is 7.09. The molecule has 1 aliphatic rings. The van der Waals surface area contributed by atoms with Crippen molar-refractivity contribution in [2.75, 3.05) is 0 Å². The first-order valence-corrected chi connectivity index (χ1v) is 8.85. The molecule has 1 heterocycles. The molecule has 1 nitrogen and oxygen atoms in total. The van der Waals surface area contributed by atoms with Gasteiger partial charge in [-0.05, 0) is 55.2 Å². The number of benzene rings is 1. The zero-order valence-corrected chi connectivity index (χ0v) is 13.9.